The second-order valence-corrected chi connectivity index (χ2v) is 15.5. The summed E-state index contributed by atoms with van der Waals surface area (Å²) < 4.78 is 7.52. The predicted molar refractivity (Wildman–Crippen MR) is 236 cm³/mol. The van der Waals surface area contributed by atoms with Gasteiger partial charge in [0.2, 0.25) is 0 Å². The molecule has 3 aromatic heterocycles. The lowest BCUT2D eigenvalue weighted by Gasteiger charge is -2.16. The summed E-state index contributed by atoms with van der Waals surface area (Å²) in [5, 5.41) is 10.2. The number of hydrogen-bond acceptors (Lipinski definition) is 1. The second-order valence-electron chi connectivity index (χ2n) is 14.5. The van der Waals surface area contributed by atoms with E-state index in [1.165, 1.54) is 108 Å². The van der Waals surface area contributed by atoms with Gasteiger partial charge < -0.3 is 9.13 Å². The highest BCUT2D eigenvalue weighted by molar-refractivity contribution is 7.25. The van der Waals surface area contributed by atoms with E-state index in [1.807, 2.05) is 11.3 Å². The van der Waals surface area contributed by atoms with Crippen LogP contribution in [0.3, 0.4) is 0 Å². The summed E-state index contributed by atoms with van der Waals surface area (Å²) in [6, 6.07) is 71.4. The van der Waals surface area contributed by atoms with Crippen molar-refractivity contribution >= 4 is 85.9 Å². The molecule has 3 heterocycles. The third-order valence-corrected chi connectivity index (χ3v) is 12.7. The van der Waals surface area contributed by atoms with Crippen molar-refractivity contribution in [1.82, 2.24) is 9.13 Å². The molecule has 256 valence electrons. The minimum atomic E-state index is 1.17. The first-order chi connectivity index (χ1) is 27.3. The van der Waals surface area contributed by atoms with Gasteiger partial charge in [-0.05, 0) is 88.3 Å². The van der Waals surface area contributed by atoms with E-state index < -0.39 is 0 Å². The standard InChI is InChI=1S/C52H32N2S/c1-2-13-35(14-3-1)53-45-21-9-7-18-40(45)44-31-33(26-29-48(44)53)34-25-27-41-39-17-6-10-22-46(39)54(49(41)32-34)47-30-28-37(36-15-4-5-16-38(36)47)42-20-12-24-51-52(42)43-19-8-11-23-50(43)55-51/h1-32H. The first-order valence-corrected chi connectivity index (χ1v) is 19.7. The van der Waals surface area contributed by atoms with Crippen LogP contribution in [-0.4, -0.2) is 9.13 Å². The van der Waals surface area contributed by atoms with Crippen LogP contribution in [0.1, 0.15) is 0 Å². The van der Waals surface area contributed by atoms with Gasteiger partial charge in [0.05, 0.1) is 27.8 Å². The summed E-state index contributed by atoms with van der Waals surface area (Å²) in [6.45, 7) is 0. The molecule has 0 saturated carbocycles. The number of fused-ring (bicyclic) bond motifs is 10. The summed E-state index contributed by atoms with van der Waals surface area (Å²) >= 11 is 1.87. The molecule has 0 amide bonds. The zero-order valence-electron chi connectivity index (χ0n) is 29.8. The first-order valence-electron chi connectivity index (χ1n) is 18.9. The predicted octanol–water partition coefficient (Wildman–Crippen LogP) is 14.7. The summed E-state index contributed by atoms with van der Waals surface area (Å²) in [4.78, 5) is 0. The summed E-state index contributed by atoms with van der Waals surface area (Å²) in [5.74, 6) is 0. The largest absolute Gasteiger partial charge is 0.309 e. The number of para-hydroxylation sites is 3. The van der Waals surface area contributed by atoms with Crippen LogP contribution < -0.4 is 0 Å². The Kier molecular flexibility index (Phi) is 6.54. The van der Waals surface area contributed by atoms with Crippen LogP contribution in [0.15, 0.2) is 194 Å². The maximum absolute atomic E-state index is 2.49. The van der Waals surface area contributed by atoms with E-state index in [0.717, 1.165) is 0 Å². The average Bonchev–Trinajstić information content (AvgIpc) is 3.91. The van der Waals surface area contributed by atoms with Gasteiger partial charge in [-0.25, -0.2) is 0 Å². The molecule has 0 saturated heterocycles. The van der Waals surface area contributed by atoms with Gasteiger partial charge in [0, 0.05) is 52.8 Å². The second kappa shape index (κ2) is 11.8. The number of hydrogen-bond donors (Lipinski definition) is 0. The average molecular weight is 717 g/mol. The van der Waals surface area contributed by atoms with Crippen molar-refractivity contribution in [3.8, 4) is 33.6 Å². The van der Waals surface area contributed by atoms with E-state index in [-0.39, 0.29) is 0 Å². The summed E-state index contributed by atoms with van der Waals surface area (Å²) in [7, 11) is 0. The maximum atomic E-state index is 2.49. The lowest BCUT2D eigenvalue weighted by molar-refractivity contribution is 1.18. The number of thiophene rings is 1. The number of benzene rings is 9. The SMILES string of the molecule is c1ccc(-n2c3ccccc3c3cc(-c4ccc5c6ccccc6n(-c6ccc(-c7cccc8sc9ccccc9c78)c7ccccc67)c5c4)ccc32)cc1. The number of rotatable bonds is 4. The molecule has 0 aliphatic carbocycles. The van der Waals surface area contributed by atoms with Gasteiger partial charge in [0.15, 0.2) is 0 Å². The van der Waals surface area contributed by atoms with E-state index in [9.17, 15) is 0 Å². The Labute approximate surface area is 321 Å². The fraction of sp³-hybridized carbons (Fsp3) is 0. The Morgan fingerprint density at radius 3 is 1.75 bits per heavy atom. The molecular weight excluding hydrogens is 685 g/mol. The molecular formula is C52H32N2S. The smallest absolute Gasteiger partial charge is 0.0547 e. The highest BCUT2D eigenvalue weighted by atomic mass is 32.1. The molecule has 0 atom stereocenters. The Morgan fingerprint density at radius 2 is 0.909 bits per heavy atom. The van der Waals surface area contributed by atoms with E-state index >= 15 is 0 Å². The molecule has 0 aliphatic heterocycles. The van der Waals surface area contributed by atoms with Crippen molar-refractivity contribution in [3.05, 3.63) is 194 Å². The van der Waals surface area contributed by atoms with Gasteiger partial charge >= 0.3 is 0 Å². The van der Waals surface area contributed by atoms with E-state index in [4.69, 9.17) is 0 Å². The van der Waals surface area contributed by atoms with Crippen molar-refractivity contribution < 1.29 is 0 Å². The number of aromatic nitrogens is 2. The van der Waals surface area contributed by atoms with Crippen LogP contribution in [0.25, 0.3) is 108 Å². The van der Waals surface area contributed by atoms with E-state index in [2.05, 4.69) is 203 Å². The Morgan fingerprint density at radius 1 is 0.309 bits per heavy atom. The molecule has 0 aliphatic rings. The molecule has 2 nitrogen and oxygen atoms in total. The van der Waals surface area contributed by atoms with Crippen LogP contribution in [0.2, 0.25) is 0 Å². The van der Waals surface area contributed by atoms with E-state index in [0.29, 0.717) is 0 Å². The molecule has 0 fully saturated rings. The lowest BCUT2D eigenvalue weighted by Crippen LogP contribution is -1.97. The molecule has 0 spiro atoms. The summed E-state index contributed by atoms with van der Waals surface area (Å²) in [6.07, 6.45) is 0. The van der Waals surface area contributed by atoms with Crippen molar-refractivity contribution in [3.63, 3.8) is 0 Å². The van der Waals surface area contributed by atoms with E-state index in [1.54, 1.807) is 0 Å². The van der Waals surface area contributed by atoms with Crippen molar-refractivity contribution in [2.75, 3.05) is 0 Å². The van der Waals surface area contributed by atoms with Crippen molar-refractivity contribution in [1.29, 1.82) is 0 Å². The highest BCUT2D eigenvalue weighted by Crippen LogP contribution is 2.44. The third-order valence-electron chi connectivity index (χ3n) is 11.5. The molecule has 0 N–H and O–H groups in total. The van der Waals surface area contributed by atoms with Crippen LogP contribution in [0.4, 0.5) is 0 Å². The van der Waals surface area contributed by atoms with Gasteiger partial charge in [0.25, 0.3) is 0 Å². The maximum Gasteiger partial charge on any atom is 0.0547 e. The Bertz CT molecular complexity index is 3490. The van der Waals surface area contributed by atoms with Gasteiger partial charge in [-0.3, -0.25) is 0 Å². The zero-order valence-corrected chi connectivity index (χ0v) is 30.6. The fourth-order valence-electron chi connectivity index (χ4n) is 9.13. The van der Waals surface area contributed by atoms with Crippen molar-refractivity contribution in [2.24, 2.45) is 0 Å². The third kappa shape index (κ3) is 4.48. The number of nitrogens with zero attached hydrogens (tertiary/aromatic N) is 2. The first kappa shape index (κ1) is 30.5. The van der Waals surface area contributed by atoms with Gasteiger partial charge in [0.1, 0.15) is 0 Å². The van der Waals surface area contributed by atoms with Gasteiger partial charge in [-0.1, -0.05) is 133 Å². The summed E-state index contributed by atoms with van der Waals surface area (Å²) in [5.41, 5.74) is 12.2. The molecule has 0 bridgehead atoms. The lowest BCUT2D eigenvalue weighted by atomic mass is 9.94. The fourth-order valence-corrected chi connectivity index (χ4v) is 10.3. The topological polar surface area (TPSA) is 9.86 Å². The highest BCUT2D eigenvalue weighted by Gasteiger charge is 2.19. The quantitative estimate of drug-likeness (QED) is 0.172. The molecule has 55 heavy (non-hydrogen) atoms. The molecule has 12 rings (SSSR count). The minimum Gasteiger partial charge on any atom is -0.309 e. The minimum absolute atomic E-state index is 1.17. The van der Waals surface area contributed by atoms with Crippen LogP contribution in [0, 0.1) is 0 Å². The molecule has 12 aromatic rings. The molecule has 3 heteroatoms. The normalized spacial score (nSPS) is 12.0. The van der Waals surface area contributed by atoms with Crippen molar-refractivity contribution in [2.45, 2.75) is 0 Å². The monoisotopic (exact) mass is 716 g/mol. The zero-order chi connectivity index (χ0) is 36.0. The van der Waals surface area contributed by atoms with Crippen LogP contribution >= 0.6 is 11.3 Å². The molecule has 9 aromatic carbocycles. The molecule has 0 radical (unpaired) electrons. The Hall–Kier alpha value is -6.94. The van der Waals surface area contributed by atoms with Crippen LogP contribution in [-0.2, 0) is 0 Å². The van der Waals surface area contributed by atoms with Gasteiger partial charge in [-0.15, -0.1) is 11.3 Å². The van der Waals surface area contributed by atoms with Crippen LogP contribution in [0.5, 0.6) is 0 Å². The molecule has 0 unspecified atom stereocenters. The van der Waals surface area contributed by atoms with Gasteiger partial charge in [-0.2, -0.15) is 0 Å². The Balaban J connectivity index is 1.08.